The molecule has 1 aromatic carbocycles. The number of benzene rings is 1. The number of aliphatic hydroxyl groups is 1. The highest BCUT2D eigenvalue weighted by Gasteiger charge is 2.29. The topological polar surface area (TPSA) is 40.5 Å². The first kappa shape index (κ1) is 15.8. The Kier molecular flexibility index (Phi) is 5.25. The standard InChI is InChI=1S/C12H14F3NO2S/c1-8(17)7-16(2)11(18)9-3-5-10(6-4-9)19-12(13,14)15/h3-6,8,17H,7H2,1-2H3. The third kappa shape index (κ3) is 5.52. The monoisotopic (exact) mass is 293 g/mol. The number of rotatable bonds is 4. The lowest BCUT2D eigenvalue weighted by Crippen LogP contribution is -2.32. The second kappa shape index (κ2) is 6.29. The highest BCUT2D eigenvalue weighted by molar-refractivity contribution is 8.00. The van der Waals surface area contributed by atoms with Crippen LogP contribution < -0.4 is 0 Å². The highest BCUT2D eigenvalue weighted by atomic mass is 32.2. The molecule has 0 fully saturated rings. The third-order valence-corrected chi connectivity index (χ3v) is 2.96. The van der Waals surface area contributed by atoms with Gasteiger partial charge >= 0.3 is 5.51 Å². The maximum atomic E-state index is 12.1. The number of aliphatic hydroxyl groups excluding tert-OH is 1. The number of amides is 1. The zero-order valence-corrected chi connectivity index (χ0v) is 11.3. The highest BCUT2D eigenvalue weighted by Crippen LogP contribution is 2.36. The van der Waals surface area contributed by atoms with E-state index in [2.05, 4.69) is 0 Å². The summed E-state index contributed by atoms with van der Waals surface area (Å²) in [4.78, 5) is 13.2. The first-order valence-corrected chi connectivity index (χ1v) is 6.30. The Labute approximate surface area is 113 Å². The number of hydrogen-bond donors (Lipinski definition) is 1. The van der Waals surface area contributed by atoms with Crippen molar-refractivity contribution in [3.63, 3.8) is 0 Å². The van der Waals surface area contributed by atoms with Crippen LogP contribution in [0.2, 0.25) is 0 Å². The summed E-state index contributed by atoms with van der Waals surface area (Å²) in [5.74, 6) is -0.343. The van der Waals surface area contributed by atoms with E-state index in [4.69, 9.17) is 5.11 Å². The number of carbonyl (C=O) groups is 1. The summed E-state index contributed by atoms with van der Waals surface area (Å²) >= 11 is -0.225. The van der Waals surface area contributed by atoms with Crippen molar-refractivity contribution in [2.45, 2.75) is 23.4 Å². The van der Waals surface area contributed by atoms with Gasteiger partial charge in [0, 0.05) is 24.1 Å². The van der Waals surface area contributed by atoms with Crippen molar-refractivity contribution in [1.82, 2.24) is 4.90 Å². The normalized spacial score (nSPS) is 13.2. The molecule has 1 N–H and O–H groups in total. The average Bonchev–Trinajstić information content (AvgIpc) is 2.26. The molecule has 0 heterocycles. The molecule has 3 nitrogen and oxygen atoms in total. The zero-order valence-electron chi connectivity index (χ0n) is 10.4. The van der Waals surface area contributed by atoms with Gasteiger partial charge in [0.25, 0.3) is 5.91 Å². The van der Waals surface area contributed by atoms with Crippen LogP contribution in [0.5, 0.6) is 0 Å². The van der Waals surface area contributed by atoms with Crippen molar-refractivity contribution >= 4 is 17.7 Å². The molecular formula is C12H14F3NO2S. The summed E-state index contributed by atoms with van der Waals surface area (Å²) in [6.07, 6.45) is -0.658. The molecule has 1 amide bonds. The predicted molar refractivity (Wildman–Crippen MR) is 67.0 cm³/mol. The number of likely N-dealkylation sites (N-methyl/N-ethyl adjacent to an activating group) is 1. The minimum atomic E-state index is -4.34. The molecule has 0 saturated heterocycles. The van der Waals surface area contributed by atoms with Gasteiger partial charge in [-0.15, -0.1) is 0 Å². The van der Waals surface area contributed by atoms with E-state index in [-0.39, 0.29) is 34.7 Å². The minimum absolute atomic E-state index is 0.0298. The fraction of sp³-hybridized carbons (Fsp3) is 0.417. The van der Waals surface area contributed by atoms with Gasteiger partial charge in [-0.05, 0) is 43.0 Å². The van der Waals surface area contributed by atoms with E-state index in [1.54, 1.807) is 6.92 Å². The second-order valence-electron chi connectivity index (χ2n) is 4.11. The van der Waals surface area contributed by atoms with Gasteiger partial charge in [0.05, 0.1) is 6.10 Å². The lowest BCUT2D eigenvalue weighted by Gasteiger charge is -2.18. The Hall–Kier alpha value is -1.21. The molecule has 1 aromatic rings. The van der Waals surface area contributed by atoms with Crippen molar-refractivity contribution in [2.75, 3.05) is 13.6 Å². The van der Waals surface area contributed by atoms with E-state index in [1.165, 1.54) is 36.2 Å². The Morgan fingerprint density at radius 3 is 2.32 bits per heavy atom. The summed E-state index contributed by atoms with van der Waals surface area (Å²) in [5.41, 5.74) is -4.05. The number of alkyl halides is 3. The van der Waals surface area contributed by atoms with Gasteiger partial charge in [-0.2, -0.15) is 13.2 Å². The molecule has 0 spiro atoms. The lowest BCUT2D eigenvalue weighted by molar-refractivity contribution is -0.0328. The van der Waals surface area contributed by atoms with E-state index in [9.17, 15) is 18.0 Å². The summed E-state index contributed by atoms with van der Waals surface area (Å²) in [5, 5.41) is 9.17. The molecule has 106 valence electrons. The summed E-state index contributed by atoms with van der Waals surface area (Å²) < 4.78 is 36.4. The number of nitrogens with zero attached hydrogens (tertiary/aromatic N) is 1. The van der Waals surface area contributed by atoms with Crippen molar-refractivity contribution in [1.29, 1.82) is 0 Å². The quantitative estimate of drug-likeness (QED) is 0.868. The SMILES string of the molecule is CC(O)CN(C)C(=O)c1ccc(SC(F)(F)F)cc1. The van der Waals surface area contributed by atoms with E-state index in [1.807, 2.05) is 0 Å². The van der Waals surface area contributed by atoms with Crippen LogP contribution in [-0.2, 0) is 0 Å². The molecule has 0 aliphatic rings. The van der Waals surface area contributed by atoms with Crippen LogP contribution in [0.1, 0.15) is 17.3 Å². The van der Waals surface area contributed by atoms with Gasteiger partial charge in [0.15, 0.2) is 0 Å². The molecule has 1 unspecified atom stereocenters. The fourth-order valence-corrected chi connectivity index (χ4v) is 2.04. The molecule has 1 atom stereocenters. The molecule has 0 aromatic heterocycles. The Balaban J connectivity index is 2.73. The first-order chi connectivity index (χ1) is 8.69. The summed E-state index contributed by atoms with van der Waals surface area (Å²) in [6.45, 7) is 1.71. The average molecular weight is 293 g/mol. The van der Waals surface area contributed by atoms with Gasteiger partial charge in [0.2, 0.25) is 0 Å². The van der Waals surface area contributed by atoms with E-state index in [0.717, 1.165) is 0 Å². The van der Waals surface area contributed by atoms with Gasteiger partial charge in [-0.1, -0.05) is 0 Å². The third-order valence-electron chi connectivity index (χ3n) is 2.22. The Bertz CT molecular complexity index is 432. The van der Waals surface area contributed by atoms with Crippen molar-refractivity contribution in [3.05, 3.63) is 29.8 Å². The molecular weight excluding hydrogens is 279 g/mol. The van der Waals surface area contributed by atoms with Gasteiger partial charge in [-0.3, -0.25) is 4.79 Å². The van der Waals surface area contributed by atoms with Crippen LogP contribution in [0.25, 0.3) is 0 Å². The number of hydrogen-bond acceptors (Lipinski definition) is 3. The molecule has 0 bridgehead atoms. The van der Waals surface area contributed by atoms with Crippen LogP contribution >= 0.6 is 11.8 Å². The van der Waals surface area contributed by atoms with Crippen LogP contribution in [0.4, 0.5) is 13.2 Å². The van der Waals surface area contributed by atoms with Crippen LogP contribution in [0.15, 0.2) is 29.2 Å². The van der Waals surface area contributed by atoms with Gasteiger partial charge in [-0.25, -0.2) is 0 Å². The molecule has 0 saturated carbocycles. The first-order valence-electron chi connectivity index (χ1n) is 5.48. The number of halogens is 3. The largest absolute Gasteiger partial charge is 0.446 e. The molecule has 0 radical (unpaired) electrons. The van der Waals surface area contributed by atoms with E-state index >= 15 is 0 Å². The predicted octanol–water partition coefficient (Wildman–Crippen LogP) is 2.75. The van der Waals surface area contributed by atoms with Crippen molar-refractivity contribution in [3.8, 4) is 0 Å². The fourth-order valence-electron chi connectivity index (χ4n) is 1.50. The van der Waals surface area contributed by atoms with Crippen LogP contribution in [0.3, 0.4) is 0 Å². The molecule has 7 heteroatoms. The van der Waals surface area contributed by atoms with E-state index < -0.39 is 11.6 Å². The maximum Gasteiger partial charge on any atom is 0.446 e. The summed E-state index contributed by atoms with van der Waals surface area (Å²) in [6, 6.07) is 5.19. The smallest absolute Gasteiger partial charge is 0.392 e. The zero-order chi connectivity index (χ0) is 14.6. The van der Waals surface area contributed by atoms with Crippen LogP contribution in [-0.4, -0.2) is 41.1 Å². The lowest BCUT2D eigenvalue weighted by atomic mass is 10.2. The van der Waals surface area contributed by atoms with Crippen molar-refractivity contribution < 1.29 is 23.1 Å². The summed E-state index contributed by atoms with van der Waals surface area (Å²) in [7, 11) is 1.52. The number of carbonyl (C=O) groups excluding carboxylic acids is 1. The van der Waals surface area contributed by atoms with Gasteiger partial charge < -0.3 is 10.0 Å². The molecule has 0 aliphatic heterocycles. The van der Waals surface area contributed by atoms with Gasteiger partial charge in [0.1, 0.15) is 0 Å². The second-order valence-corrected chi connectivity index (χ2v) is 5.25. The minimum Gasteiger partial charge on any atom is -0.392 e. The Morgan fingerprint density at radius 1 is 1.37 bits per heavy atom. The van der Waals surface area contributed by atoms with Crippen LogP contribution in [0, 0.1) is 0 Å². The Morgan fingerprint density at radius 2 is 1.89 bits per heavy atom. The maximum absolute atomic E-state index is 12.1. The molecule has 19 heavy (non-hydrogen) atoms. The molecule has 0 aliphatic carbocycles. The number of thioether (sulfide) groups is 1. The van der Waals surface area contributed by atoms with E-state index in [0.29, 0.717) is 0 Å². The van der Waals surface area contributed by atoms with Crippen molar-refractivity contribution in [2.24, 2.45) is 0 Å². The molecule has 1 rings (SSSR count).